The van der Waals surface area contributed by atoms with E-state index in [1.807, 2.05) is 27.0 Å². The van der Waals surface area contributed by atoms with Gasteiger partial charge in [-0.15, -0.1) is 0 Å². The highest BCUT2D eigenvalue weighted by atomic mass is 32.2. The van der Waals surface area contributed by atoms with E-state index in [9.17, 15) is 9.59 Å². The van der Waals surface area contributed by atoms with Crippen molar-refractivity contribution in [3.63, 3.8) is 0 Å². The third-order valence-corrected chi connectivity index (χ3v) is 3.28. The Morgan fingerprint density at radius 2 is 1.95 bits per heavy atom. The van der Waals surface area contributed by atoms with Crippen LogP contribution >= 0.6 is 11.8 Å². The maximum Gasteiger partial charge on any atom is 0.317 e. The molecule has 0 aliphatic carbocycles. The highest BCUT2D eigenvalue weighted by Crippen LogP contribution is 2.24. The fourth-order valence-electron chi connectivity index (χ4n) is 1.66. The maximum atomic E-state index is 11.8. The van der Waals surface area contributed by atoms with Crippen molar-refractivity contribution in [1.82, 2.24) is 10.2 Å². The number of urea groups is 1. The van der Waals surface area contributed by atoms with Crippen molar-refractivity contribution in [2.24, 2.45) is 11.3 Å². The summed E-state index contributed by atoms with van der Waals surface area (Å²) in [5.41, 5.74) is -0.0709. The summed E-state index contributed by atoms with van der Waals surface area (Å²) in [5.74, 6) is -0.534. The number of carboxylic acid groups (broad SMARTS) is 1. The standard InChI is InChI=1S/C13H26N2O3S/c1-13(2,3)8-10(11(16)17)9-14-12(18)15(4)6-7-19-5/h10H,6-9H2,1-5H3,(H,14,18)(H,16,17). The van der Waals surface area contributed by atoms with E-state index in [1.54, 1.807) is 23.7 Å². The van der Waals surface area contributed by atoms with E-state index in [1.165, 1.54) is 0 Å². The third-order valence-electron chi connectivity index (χ3n) is 2.69. The van der Waals surface area contributed by atoms with Crippen LogP contribution in [0.4, 0.5) is 4.79 Å². The predicted molar refractivity (Wildman–Crippen MR) is 79.6 cm³/mol. The van der Waals surface area contributed by atoms with E-state index < -0.39 is 11.9 Å². The van der Waals surface area contributed by atoms with Crippen LogP contribution in [0, 0.1) is 11.3 Å². The molecule has 0 aromatic rings. The Morgan fingerprint density at radius 1 is 1.37 bits per heavy atom. The van der Waals surface area contributed by atoms with Crippen LogP contribution in [0.3, 0.4) is 0 Å². The third kappa shape index (κ3) is 8.75. The second-order valence-electron chi connectivity index (χ2n) is 5.90. The summed E-state index contributed by atoms with van der Waals surface area (Å²) in [7, 11) is 1.71. The molecular weight excluding hydrogens is 264 g/mol. The van der Waals surface area contributed by atoms with Crippen LogP contribution < -0.4 is 5.32 Å². The number of carbonyl (C=O) groups is 2. The molecule has 2 amide bonds. The molecule has 1 atom stereocenters. The lowest BCUT2D eigenvalue weighted by Gasteiger charge is -2.24. The van der Waals surface area contributed by atoms with E-state index in [0.717, 1.165) is 5.75 Å². The van der Waals surface area contributed by atoms with Gasteiger partial charge in [-0.05, 0) is 18.1 Å². The van der Waals surface area contributed by atoms with Crippen molar-refractivity contribution in [3.05, 3.63) is 0 Å². The molecule has 1 unspecified atom stereocenters. The van der Waals surface area contributed by atoms with Gasteiger partial charge in [-0.1, -0.05) is 20.8 Å². The molecule has 0 fully saturated rings. The molecule has 2 N–H and O–H groups in total. The average Bonchev–Trinajstić information content (AvgIpc) is 2.29. The molecule has 0 aromatic heterocycles. The van der Waals surface area contributed by atoms with Crippen LogP contribution in [0.1, 0.15) is 27.2 Å². The monoisotopic (exact) mass is 290 g/mol. The number of rotatable bonds is 7. The summed E-state index contributed by atoms with van der Waals surface area (Å²) in [5, 5.41) is 11.9. The summed E-state index contributed by atoms with van der Waals surface area (Å²) in [6, 6.07) is -0.214. The van der Waals surface area contributed by atoms with Gasteiger partial charge in [0.25, 0.3) is 0 Å². The number of amides is 2. The van der Waals surface area contributed by atoms with Crippen LogP contribution in [0.5, 0.6) is 0 Å². The van der Waals surface area contributed by atoms with E-state index >= 15 is 0 Å². The van der Waals surface area contributed by atoms with E-state index in [-0.39, 0.29) is 18.0 Å². The summed E-state index contributed by atoms with van der Waals surface area (Å²) in [6.45, 7) is 6.82. The number of nitrogens with one attached hydrogen (secondary N) is 1. The van der Waals surface area contributed by atoms with Crippen LogP contribution in [0.15, 0.2) is 0 Å². The Morgan fingerprint density at radius 3 is 2.37 bits per heavy atom. The molecular formula is C13H26N2O3S. The van der Waals surface area contributed by atoms with Gasteiger partial charge < -0.3 is 15.3 Å². The molecule has 19 heavy (non-hydrogen) atoms. The van der Waals surface area contributed by atoms with E-state index in [2.05, 4.69) is 5.32 Å². The summed E-state index contributed by atoms with van der Waals surface area (Å²) in [4.78, 5) is 24.5. The largest absolute Gasteiger partial charge is 0.481 e. The van der Waals surface area contributed by atoms with Crippen molar-refractivity contribution < 1.29 is 14.7 Å². The van der Waals surface area contributed by atoms with Crippen molar-refractivity contribution >= 4 is 23.8 Å². The molecule has 0 aliphatic rings. The zero-order chi connectivity index (χ0) is 15.1. The van der Waals surface area contributed by atoms with Gasteiger partial charge >= 0.3 is 12.0 Å². The quantitative estimate of drug-likeness (QED) is 0.753. The topological polar surface area (TPSA) is 69.6 Å². The molecule has 0 aromatic carbocycles. The smallest absolute Gasteiger partial charge is 0.317 e. The Hall–Kier alpha value is -0.910. The highest BCUT2D eigenvalue weighted by Gasteiger charge is 2.25. The lowest BCUT2D eigenvalue weighted by atomic mass is 9.84. The van der Waals surface area contributed by atoms with Gasteiger partial charge in [0.2, 0.25) is 0 Å². The summed E-state index contributed by atoms with van der Waals surface area (Å²) >= 11 is 1.67. The van der Waals surface area contributed by atoms with Gasteiger partial charge in [0, 0.05) is 25.9 Å². The SMILES string of the molecule is CSCCN(C)C(=O)NCC(CC(C)(C)C)C(=O)O. The van der Waals surface area contributed by atoms with Gasteiger partial charge in [0.15, 0.2) is 0 Å². The Balaban J connectivity index is 4.25. The second-order valence-corrected chi connectivity index (χ2v) is 6.89. The first kappa shape index (κ1) is 18.1. The van der Waals surface area contributed by atoms with E-state index in [0.29, 0.717) is 13.0 Å². The number of hydrogen-bond donors (Lipinski definition) is 2. The van der Waals surface area contributed by atoms with Crippen LogP contribution in [0.2, 0.25) is 0 Å². The Bertz CT molecular complexity index is 303. The molecule has 5 nitrogen and oxygen atoms in total. The molecule has 6 heteroatoms. The average molecular weight is 290 g/mol. The number of aliphatic carboxylic acids is 1. The zero-order valence-corrected chi connectivity index (χ0v) is 13.3. The Kier molecular flexibility index (Phi) is 7.90. The number of nitrogens with zero attached hydrogens (tertiary/aromatic N) is 1. The number of hydrogen-bond acceptors (Lipinski definition) is 3. The first-order valence-corrected chi connectivity index (χ1v) is 7.77. The molecule has 0 saturated carbocycles. The number of carbonyl (C=O) groups excluding carboxylic acids is 1. The molecule has 0 heterocycles. The van der Waals surface area contributed by atoms with Gasteiger partial charge in [-0.2, -0.15) is 11.8 Å². The van der Waals surface area contributed by atoms with Crippen molar-refractivity contribution in [2.45, 2.75) is 27.2 Å². The van der Waals surface area contributed by atoms with Crippen LogP contribution in [-0.4, -0.2) is 54.2 Å². The first-order valence-electron chi connectivity index (χ1n) is 6.38. The predicted octanol–water partition coefficient (Wildman–Crippen LogP) is 2.13. The van der Waals surface area contributed by atoms with Crippen LogP contribution in [0.25, 0.3) is 0 Å². The molecule has 0 aliphatic heterocycles. The molecule has 112 valence electrons. The second kappa shape index (κ2) is 8.30. The maximum absolute atomic E-state index is 11.8. The van der Waals surface area contributed by atoms with Crippen molar-refractivity contribution in [2.75, 3.05) is 32.1 Å². The minimum Gasteiger partial charge on any atom is -0.481 e. The molecule has 0 rings (SSSR count). The molecule has 0 saturated heterocycles. The van der Waals surface area contributed by atoms with Gasteiger partial charge in [0.05, 0.1) is 5.92 Å². The minimum atomic E-state index is -0.859. The molecule has 0 radical (unpaired) electrons. The molecule has 0 spiro atoms. The number of thioether (sulfide) groups is 1. The fourth-order valence-corrected chi connectivity index (χ4v) is 2.12. The minimum absolute atomic E-state index is 0.0709. The van der Waals surface area contributed by atoms with Gasteiger partial charge in [-0.25, -0.2) is 4.79 Å². The fraction of sp³-hybridized carbons (Fsp3) is 0.846. The van der Waals surface area contributed by atoms with Gasteiger partial charge in [0.1, 0.15) is 0 Å². The molecule has 0 bridgehead atoms. The first-order chi connectivity index (χ1) is 8.67. The van der Waals surface area contributed by atoms with Gasteiger partial charge in [-0.3, -0.25) is 4.79 Å². The summed E-state index contributed by atoms with van der Waals surface area (Å²) in [6.07, 6.45) is 2.52. The van der Waals surface area contributed by atoms with E-state index in [4.69, 9.17) is 5.11 Å². The van der Waals surface area contributed by atoms with Crippen molar-refractivity contribution in [1.29, 1.82) is 0 Å². The lowest BCUT2D eigenvalue weighted by Crippen LogP contribution is -2.42. The summed E-state index contributed by atoms with van der Waals surface area (Å²) < 4.78 is 0. The highest BCUT2D eigenvalue weighted by molar-refractivity contribution is 7.98. The van der Waals surface area contributed by atoms with Crippen LogP contribution in [-0.2, 0) is 4.79 Å². The van der Waals surface area contributed by atoms with Crippen molar-refractivity contribution in [3.8, 4) is 0 Å². The zero-order valence-electron chi connectivity index (χ0n) is 12.5. The Labute approximate surface area is 120 Å². The number of carboxylic acids is 1. The lowest BCUT2D eigenvalue weighted by molar-refractivity contribution is -0.142. The normalized spacial score (nSPS) is 12.9.